The van der Waals surface area contributed by atoms with Gasteiger partial charge in [-0.2, -0.15) is 0 Å². The summed E-state index contributed by atoms with van der Waals surface area (Å²) < 4.78 is 36.7. The number of anilines is 4. The number of pyridine rings is 1. The molecule has 0 unspecified atom stereocenters. The fourth-order valence-corrected chi connectivity index (χ4v) is 5.16. The summed E-state index contributed by atoms with van der Waals surface area (Å²) in [5, 5.41) is 3.03. The highest BCUT2D eigenvalue weighted by Gasteiger charge is 2.29. The smallest absolute Gasteiger partial charge is 0.240 e. The third-order valence-electron chi connectivity index (χ3n) is 7.46. The van der Waals surface area contributed by atoms with E-state index >= 15 is 4.39 Å². The monoisotopic (exact) mass is 535 g/mol. The number of aromatic nitrogens is 5. The van der Waals surface area contributed by atoms with Crippen molar-refractivity contribution in [2.45, 2.75) is 6.04 Å². The number of nitrogens with one attached hydrogen (secondary N) is 1. The van der Waals surface area contributed by atoms with Crippen LogP contribution in [-0.2, 0) is 4.74 Å². The van der Waals surface area contributed by atoms with Crippen LogP contribution < -0.4 is 20.0 Å². The van der Waals surface area contributed by atoms with Crippen LogP contribution in [0.25, 0.3) is 22.3 Å². The summed E-state index contributed by atoms with van der Waals surface area (Å²) in [6.45, 7) is 6.56. The van der Waals surface area contributed by atoms with Gasteiger partial charge in [0.05, 0.1) is 49.4 Å². The zero-order chi connectivity index (χ0) is 26.5. The lowest BCUT2D eigenvalue weighted by Crippen LogP contribution is -2.56. The van der Waals surface area contributed by atoms with Gasteiger partial charge in [-0.25, -0.2) is 28.7 Å². The van der Waals surface area contributed by atoms with E-state index in [0.717, 1.165) is 51.3 Å². The predicted octanol–water partition coefficient (Wildman–Crippen LogP) is 2.31. The number of hydrogen-bond acceptors (Lipinski definition) is 10. The lowest BCUT2D eigenvalue weighted by Gasteiger charge is -2.43. The number of ether oxygens (including phenoxy) is 1. The molecule has 0 atom stereocenters. The maximum atomic E-state index is 15.2. The van der Waals surface area contributed by atoms with Gasteiger partial charge in [0.25, 0.3) is 0 Å². The number of fused-ring (bicyclic) bond motifs is 3. The van der Waals surface area contributed by atoms with Crippen LogP contribution in [0.2, 0.25) is 0 Å². The first-order valence-electron chi connectivity index (χ1n) is 12.9. The minimum Gasteiger partial charge on any atom is -0.408 e. The van der Waals surface area contributed by atoms with E-state index in [1.165, 1.54) is 10.8 Å². The summed E-state index contributed by atoms with van der Waals surface area (Å²) in [6.07, 6.45) is 2.86. The molecule has 4 aromatic rings. The quantitative estimate of drug-likeness (QED) is 0.410. The molecule has 1 aromatic carbocycles. The first-order chi connectivity index (χ1) is 19.0. The van der Waals surface area contributed by atoms with Gasteiger partial charge in [0.1, 0.15) is 23.6 Å². The second-order valence-corrected chi connectivity index (χ2v) is 9.92. The normalized spacial score (nSPS) is 18.1. The topological polar surface area (TPSA) is 96.7 Å². The van der Waals surface area contributed by atoms with E-state index in [2.05, 4.69) is 35.1 Å². The molecule has 11 nitrogen and oxygen atoms in total. The molecule has 2 saturated heterocycles. The number of hydrogen-bond donors (Lipinski definition) is 1. The van der Waals surface area contributed by atoms with Crippen molar-refractivity contribution in [2.75, 3.05) is 74.7 Å². The summed E-state index contributed by atoms with van der Waals surface area (Å²) in [6, 6.07) is 7.21. The van der Waals surface area contributed by atoms with E-state index < -0.39 is 11.6 Å². The van der Waals surface area contributed by atoms with Crippen LogP contribution >= 0.6 is 0 Å². The SMILES string of the molecule is CN1CCOn2c1nc1cc(-c3nc(Nc4ccc(N5CCN(C6COC6)CC5)cn4)ncc3F)cc(F)c12. The number of rotatable bonds is 5. The Morgan fingerprint density at radius 3 is 2.54 bits per heavy atom. The van der Waals surface area contributed by atoms with Gasteiger partial charge < -0.3 is 24.7 Å². The van der Waals surface area contributed by atoms with Gasteiger partial charge in [-0.05, 0) is 24.3 Å². The van der Waals surface area contributed by atoms with Gasteiger partial charge in [0.15, 0.2) is 11.6 Å². The van der Waals surface area contributed by atoms with Crippen LogP contribution in [0, 0.1) is 11.6 Å². The number of halogens is 2. The first kappa shape index (κ1) is 24.0. The van der Waals surface area contributed by atoms with Crippen molar-refractivity contribution in [2.24, 2.45) is 0 Å². The molecular formula is C26H27F2N9O2. The maximum Gasteiger partial charge on any atom is 0.240 e. The molecule has 0 amide bonds. The van der Waals surface area contributed by atoms with Gasteiger partial charge in [0, 0.05) is 38.8 Å². The average Bonchev–Trinajstić information content (AvgIpc) is 3.30. The van der Waals surface area contributed by atoms with E-state index in [0.29, 0.717) is 36.5 Å². The molecule has 3 aliphatic heterocycles. The molecule has 0 saturated carbocycles. The van der Waals surface area contributed by atoms with Crippen molar-refractivity contribution >= 4 is 34.4 Å². The highest BCUT2D eigenvalue weighted by atomic mass is 19.1. The Bertz CT molecular complexity index is 1520. The molecule has 3 aliphatic rings. The van der Waals surface area contributed by atoms with E-state index in [9.17, 15) is 4.39 Å². The second kappa shape index (κ2) is 9.58. The Balaban J connectivity index is 1.09. The number of piperazine rings is 1. The Labute approximate surface area is 222 Å². The third-order valence-corrected chi connectivity index (χ3v) is 7.46. The average molecular weight is 536 g/mol. The standard InChI is InChI=1S/C26H27F2N9O2/c1-34-8-9-39-37-24-19(27)10-16(11-21(24)31-26(34)37)23-20(28)13-30-25(33-23)32-22-3-2-17(12-29-22)35-4-6-36(7-5-35)18-14-38-15-18/h2-3,10-13,18H,4-9,14-15H2,1H3,(H,29,30,32,33). The van der Waals surface area contributed by atoms with Crippen LogP contribution in [0.5, 0.6) is 0 Å². The molecule has 13 heteroatoms. The minimum absolute atomic E-state index is 0.0418. The van der Waals surface area contributed by atoms with Crippen LogP contribution in [0.1, 0.15) is 0 Å². The maximum absolute atomic E-state index is 15.2. The lowest BCUT2D eigenvalue weighted by atomic mass is 10.1. The third kappa shape index (κ3) is 4.36. The fourth-order valence-electron chi connectivity index (χ4n) is 5.16. The first-order valence-corrected chi connectivity index (χ1v) is 12.9. The lowest BCUT2D eigenvalue weighted by molar-refractivity contribution is -0.0660. The van der Waals surface area contributed by atoms with Gasteiger partial charge in [-0.15, -0.1) is 4.73 Å². The zero-order valence-corrected chi connectivity index (χ0v) is 21.3. The van der Waals surface area contributed by atoms with Crippen LogP contribution in [0.15, 0.2) is 36.7 Å². The molecule has 0 bridgehead atoms. The largest absolute Gasteiger partial charge is 0.408 e. The second-order valence-electron chi connectivity index (χ2n) is 9.92. The molecule has 0 radical (unpaired) electrons. The van der Waals surface area contributed by atoms with E-state index in [1.54, 1.807) is 12.3 Å². The molecule has 202 valence electrons. The molecule has 3 aromatic heterocycles. The Kier molecular flexibility index (Phi) is 5.89. The van der Waals surface area contributed by atoms with Crippen molar-refractivity contribution in [3.05, 3.63) is 48.3 Å². The zero-order valence-electron chi connectivity index (χ0n) is 21.3. The van der Waals surface area contributed by atoms with Crippen molar-refractivity contribution in [3.8, 4) is 11.3 Å². The Morgan fingerprint density at radius 1 is 0.949 bits per heavy atom. The molecule has 0 aliphatic carbocycles. The van der Waals surface area contributed by atoms with Crippen molar-refractivity contribution in [3.63, 3.8) is 0 Å². The molecule has 7 rings (SSSR count). The Morgan fingerprint density at radius 2 is 1.79 bits per heavy atom. The fraction of sp³-hybridized carbons (Fsp3) is 0.385. The van der Waals surface area contributed by atoms with Gasteiger partial charge in [-0.3, -0.25) is 4.90 Å². The van der Waals surface area contributed by atoms with Crippen molar-refractivity contribution in [1.29, 1.82) is 0 Å². The number of nitrogens with zero attached hydrogens (tertiary/aromatic N) is 8. The molecule has 39 heavy (non-hydrogen) atoms. The molecular weight excluding hydrogens is 508 g/mol. The van der Waals surface area contributed by atoms with Gasteiger partial charge in [-0.1, -0.05) is 0 Å². The molecule has 0 spiro atoms. The van der Waals surface area contributed by atoms with E-state index in [4.69, 9.17) is 9.57 Å². The number of benzene rings is 1. The molecule has 1 N–H and O–H groups in total. The highest BCUT2D eigenvalue weighted by Crippen LogP contribution is 2.31. The molecule has 6 heterocycles. The minimum atomic E-state index is -0.674. The summed E-state index contributed by atoms with van der Waals surface area (Å²) in [7, 11) is 1.85. The number of likely N-dealkylation sites (N-methyl/N-ethyl adjacent to an activating group) is 1. The highest BCUT2D eigenvalue weighted by molar-refractivity contribution is 5.84. The van der Waals surface area contributed by atoms with Crippen LogP contribution in [0.3, 0.4) is 0 Å². The Hall–Kier alpha value is -4.10. The summed E-state index contributed by atoms with van der Waals surface area (Å²) in [5.74, 6) is -0.0984. The van der Waals surface area contributed by atoms with Crippen LogP contribution in [-0.4, -0.2) is 95.2 Å². The van der Waals surface area contributed by atoms with Gasteiger partial charge in [0.2, 0.25) is 11.9 Å². The molecule has 2 fully saturated rings. The van der Waals surface area contributed by atoms with Crippen molar-refractivity contribution < 1.29 is 18.4 Å². The number of imidazole rings is 1. The van der Waals surface area contributed by atoms with E-state index in [1.807, 2.05) is 24.1 Å². The summed E-state index contributed by atoms with van der Waals surface area (Å²) in [5.41, 5.74) is 1.79. The summed E-state index contributed by atoms with van der Waals surface area (Å²) >= 11 is 0. The van der Waals surface area contributed by atoms with Crippen LogP contribution in [0.4, 0.5) is 32.2 Å². The van der Waals surface area contributed by atoms with Gasteiger partial charge >= 0.3 is 0 Å². The van der Waals surface area contributed by atoms with Crippen molar-refractivity contribution in [1.82, 2.24) is 29.6 Å². The predicted molar refractivity (Wildman–Crippen MR) is 141 cm³/mol. The summed E-state index contributed by atoms with van der Waals surface area (Å²) in [4.78, 5) is 29.6. The van der Waals surface area contributed by atoms with E-state index in [-0.39, 0.29) is 22.7 Å².